The summed E-state index contributed by atoms with van der Waals surface area (Å²) in [5.41, 5.74) is 3.55. The van der Waals surface area contributed by atoms with Gasteiger partial charge in [0, 0.05) is 24.7 Å². The highest BCUT2D eigenvalue weighted by atomic mass is 19.4. The number of alkyl halides is 3. The summed E-state index contributed by atoms with van der Waals surface area (Å²) in [7, 11) is 1.80. The predicted octanol–water partition coefficient (Wildman–Crippen LogP) is 2.61. The Morgan fingerprint density at radius 1 is 1.27 bits per heavy atom. The summed E-state index contributed by atoms with van der Waals surface area (Å²) >= 11 is 0. The molecule has 2 atom stereocenters. The van der Waals surface area contributed by atoms with Gasteiger partial charge in [-0.05, 0) is 38.8 Å². The fraction of sp³-hybridized carbons (Fsp3) is 0.571. The molecule has 0 aromatic heterocycles. The molecule has 8 heteroatoms. The number of halogens is 3. The standard InChI is InChI=1S/C14H18F3N5/c1-8-6-9(2)22(20-8)12-7-10-4-5-11(14(15,16)17)18-19-13(10)21(12)3/h6-8,10,20H,4-5H2,1-3H3. The van der Waals surface area contributed by atoms with Gasteiger partial charge in [0.15, 0.2) is 0 Å². The Morgan fingerprint density at radius 3 is 2.59 bits per heavy atom. The molecule has 0 fully saturated rings. The molecule has 1 N–H and O–H groups in total. The molecule has 3 aliphatic rings. The third-order valence-corrected chi connectivity index (χ3v) is 4.07. The highest BCUT2D eigenvalue weighted by molar-refractivity contribution is 5.95. The Morgan fingerprint density at radius 2 is 2.00 bits per heavy atom. The van der Waals surface area contributed by atoms with Crippen LogP contribution < -0.4 is 5.43 Å². The molecule has 0 aliphatic carbocycles. The number of allylic oxidation sites excluding steroid dienone is 1. The Bertz CT molecular complexity index is 602. The lowest BCUT2D eigenvalue weighted by Crippen LogP contribution is -2.40. The van der Waals surface area contributed by atoms with Crippen LogP contribution in [-0.2, 0) is 0 Å². The molecule has 5 nitrogen and oxygen atoms in total. The Labute approximate surface area is 126 Å². The van der Waals surface area contributed by atoms with E-state index in [9.17, 15) is 13.2 Å². The normalized spacial score (nSPS) is 28.8. The molecule has 3 rings (SSSR count). The average molecular weight is 313 g/mol. The fourth-order valence-corrected chi connectivity index (χ4v) is 2.99. The van der Waals surface area contributed by atoms with Crippen LogP contribution in [0.5, 0.6) is 0 Å². The maximum Gasteiger partial charge on any atom is 0.431 e. The van der Waals surface area contributed by atoms with Crippen LogP contribution in [0.15, 0.2) is 33.9 Å². The molecular formula is C14H18F3N5. The van der Waals surface area contributed by atoms with Gasteiger partial charge in [0.1, 0.15) is 17.4 Å². The van der Waals surface area contributed by atoms with Crippen molar-refractivity contribution < 1.29 is 13.2 Å². The molecule has 0 saturated heterocycles. The summed E-state index contributed by atoms with van der Waals surface area (Å²) in [4.78, 5) is 1.80. The van der Waals surface area contributed by atoms with Crippen molar-refractivity contribution >= 4 is 11.5 Å². The van der Waals surface area contributed by atoms with E-state index in [1.54, 1.807) is 11.9 Å². The molecule has 2 unspecified atom stereocenters. The van der Waals surface area contributed by atoms with Crippen molar-refractivity contribution in [2.75, 3.05) is 7.05 Å². The van der Waals surface area contributed by atoms with E-state index in [1.807, 2.05) is 24.9 Å². The quantitative estimate of drug-likeness (QED) is 0.809. The molecule has 0 aromatic rings. The Kier molecular flexibility index (Phi) is 3.51. The van der Waals surface area contributed by atoms with E-state index in [2.05, 4.69) is 21.7 Å². The van der Waals surface area contributed by atoms with E-state index in [-0.39, 0.29) is 18.4 Å². The zero-order valence-corrected chi connectivity index (χ0v) is 12.6. The minimum Gasteiger partial charge on any atom is -0.316 e. The SMILES string of the molecule is CC1=CC(C)NN1C1=CC2CCC(C(F)(F)F)=NN=C2N1C. The van der Waals surface area contributed by atoms with E-state index in [0.717, 1.165) is 11.5 Å². The van der Waals surface area contributed by atoms with E-state index >= 15 is 0 Å². The summed E-state index contributed by atoms with van der Waals surface area (Å²) in [6.45, 7) is 4.02. The number of hydrazine groups is 1. The van der Waals surface area contributed by atoms with Crippen LogP contribution in [0.1, 0.15) is 26.7 Å². The predicted molar refractivity (Wildman–Crippen MR) is 77.7 cm³/mol. The third-order valence-electron chi connectivity index (χ3n) is 4.07. The second kappa shape index (κ2) is 5.12. The van der Waals surface area contributed by atoms with Crippen molar-refractivity contribution in [2.45, 2.75) is 38.9 Å². The topological polar surface area (TPSA) is 43.2 Å². The molecule has 0 spiro atoms. The molecule has 0 bridgehead atoms. The summed E-state index contributed by atoms with van der Waals surface area (Å²) in [6, 6.07) is 0.219. The first kappa shape index (κ1) is 15.1. The van der Waals surface area contributed by atoms with Crippen molar-refractivity contribution in [1.82, 2.24) is 15.3 Å². The van der Waals surface area contributed by atoms with E-state index in [1.165, 1.54) is 0 Å². The number of nitrogens with zero attached hydrogens (tertiary/aromatic N) is 4. The Hall–Kier alpha value is -1.83. The maximum atomic E-state index is 12.8. The van der Waals surface area contributed by atoms with Gasteiger partial charge in [-0.1, -0.05) is 0 Å². The fourth-order valence-electron chi connectivity index (χ4n) is 2.99. The first-order valence-electron chi connectivity index (χ1n) is 7.19. The van der Waals surface area contributed by atoms with Crippen molar-refractivity contribution in [3.05, 3.63) is 23.7 Å². The molecule has 22 heavy (non-hydrogen) atoms. The van der Waals surface area contributed by atoms with Gasteiger partial charge in [0.25, 0.3) is 0 Å². The van der Waals surface area contributed by atoms with Crippen molar-refractivity contribution in [2.24, 2.45) is 16.1 Å². The van der Waals surface area contributed by atoms with E-state index < -0.39 is 11.9 Å². The Balaban J connectivity index is 1.85. The number of hydrogen-bond acceptors (Lipinski definition) is 5. The molecule has 3 aliphatic heterocycles. The number of amidine groups is 1. The smallest absolute Gasteiger partial charge is 0.316 e. The van der Waals surface area contributed by atoms with Crippen LogP contribution in [-0.4, -0.2) is 40.7 Å². The van der Waals surface area contributed by atoms with Crippen LogP contribution in [0.2, 0.25) is 0 Å². The molecular weight excluding hydrogens is 295 g/mol. The van der Waals surface area contributed by atoms with Crippen molar-refractivity contribution in [3.8, 4) is 0 Å². The molecule has 0 amide bonds. The van der Waals surface area contributed by atoms with Gasteiger partial charge in [-0.3, -0.25) is 5.01 Å². The van der Waals surface area contributed by atoms with Gasteiger partial charge in [-0.25, -0.2) is 5.43 Å². The monoisotopic (exact) mass is 313 g/mol. The average Bonchev–Trinajstić information content (AvgIpc) is 2.80. The maximum absolute atomic E-state index is 12.8. The van der Waals surface area contributed by atoms with Crippen LogP contribution >= 0.6 is 0 Å². The molecule has 3 heterocycles. The van der Waals surface area contributed by atoms with Crippen LogP contribution in [0, 0.1) is 5.92 Å². The first-order valence-corrected chi connectivity index (χ1v) is 7.19. The minimum absolute atomic E-state index is 0.114. The number of fused-ring (bicyclic) bond motifs is 1. The summed E-state index contributed by atoms with van der Waals surface area (Å²) in [5, 5.41) is 9.24. The molecule has 120 valence electrons. The van der Waals surface area contributed by atoms with Crippen molar-refractivity contribution in [1.29, 1.82) is 0 Å². The van der Waals surface area contributed by atoms with E-state index in [0.29, 0.717) is 12.3 Å². The summed E-state index contributed by atoms with van der Waals surface area (Å²) < 4.78 is 38.3. The molecule has 0 aromatic carbocycles. The van der Waals surface area contributed by atoms with Gasteiger partial charge < -0.3 is 4.90 Å². The van der Waals surface area contributed by atoms with Crippen molar-refractivity contribution in [3.63, 3.8) is 0 Å². The van der Waals surface area contributed by atoms with Gasteiger partial charge in [0.05, 0.1) is 0 Å². The number of rotatable bonds is 1. The summed E-state index contributed by atoms with van der Waals surface area (Å²) in [5.74, 6) is 1.30. The number of nitrogens with one attached hydrogen (secondary N) is 1. The minimum atomic E-state index is -4.40. The highest BCUT2D eigenvalue weighted by Gasteiger charge is 2.40. The molecule has 0 saturated carbocycles. The molecule has 0 radical (unpaired) electrons. The lowest BCUT2D eigenvalue weighted by atomic mass is 10.0. The van der Waals surface area contributed by atoms with Gasteiger partial charge >= 0.3 is 6.18 Å². The second-order valence-corrected chi connectivity index (χ2v) is 5.79. The largest absolute Gasteiger partial charge is 0.431 e. The zero-order chi connectivity index (χ0) is 16.1. The second-order valence-electron chi connectivity index (χ2n) is 5.79. The van der Waals surface area contributed by atoms with Crippen LogP contribution in [0.4, 0.5) is 13.2 Å². The lowest BCUT2D eigenvalue weighted by Gasteiger charge is -2.28. The first-order chi connectivity index (χ1) is 10.3. The van der Waals surface area contributed by atoms with Crippen LogP contribution in [0.3, 0.4) is 0 Å². The van der Waals surface area contributed by atoms with Gasteiger partial charge in [0.2, 0.25) is 0 Å². The summed E-state index contributed by atoms with van der Waals surface area (Å²) in [6.07, 6.45) is -0.117. The third kappa shape index (κ3) is 2.51. The number of hydrogen-bond donors (Lipinski definition) is 1. The van der Waals surface area contributed by atoms with Crippen LogP contribution in [0.25, 0.3) is 0 Å². The highest BCUT2D eigenvalue weighted by Crippen LogP contribution is 2.33. The zero-order valence-electron chi connectivity index (χ0n) is 12.6. The van der Waals surface area contributed by atoms with Gasteiger partial charge in [-0.15, -0.1) is 10.2 Å². The van der Waals surface area contributed by atoms with E-state index in [4.69, 9.17) is 0 Å². The lowest BCUT2D eigenvalue weighted by molar-refractivity contribution is -0.0607. The van der Waals surface area contributed by atoms with Gasteiger partial charge in [-0.2, -0.15) is 13.2 Å².